The van der Waals surface area contributed by atoms with Gasteiger partial charge < -0.3 is 14.3 Å². The van der Waals surface area contributed by atoms with E-state index in [4.69, 9.17) is 9.47 Å². The highest BCUT2D eigenvalue weighted by Crippen LogP contribution is 2.36. The number of nitrogens with zero attached hydrogens (tertiary/aromatic N) is 3. The molecule has 0 saturated heterocycles. The molecule has 3 aromatic rings. The zero-order chi connectivity index (χ0) is 26.3. The zero-order valence-corrected chi connectivity index (χ0v) is 19.5. The third-order valence-electron chi connectivity index (χ3n) is 4.67. The summed E-state index contributed by atoms with van der Waals surface area (Å²) in [6.07, 6.45) is 0.855. The summed E-state index contributed by atoms with van der Waals surface area (Å²) in [6.45, 7) is -1.34. The first kappa shape index (κ1) is 25.9. The maximum Gasteiger partial charge on any atom is 0.340 e. The summed E-state index contributed by atoms with van der Waals surface area (Å²) in [5.41, 5.74) is -0.398. The second-order valence-electron chi connectivity index (χ2n) is 7.15. The fourth-order valence-electron chi connectivity index (χ4n) is 3.03. The minimum absolute atomic E-state index is 0.0720. The number of nitro benzene ring substituents is 1. The van der Waals surface area contributed by atoms with Gasteiger partial charge in [0.05, 0.1) is 28.5 Å². The van der Waals surface area contributed by atoms with Crippen LogP contribution in [0.4, 0.5) is 11.4 Å². The van der Waals surface area contributed by atoms with Crippen molar-refractivity contribution in [2.24, 2.45) is 0 Å². The molecule has 0 spiro atoms. The van der Waals surface area contributed by atoms with Crippen LogP contribution in [0, 0.1) is 20.2 Å². The molecule has 0 aliphatic heterocycles. The van der Waals surface area contributed by atoms with Crippen LogP contribution < -0.4 is 9.04 Å². The Morgan fingerprint density at radius 1 is 0.972 bits per heavy atom. The van der Waals surface area contributed by atoms with Crippen molar-refractivity contribution >= 4 is 27.4 Å². The summed E-state index contributed by atoms with van der Waals surface area (Å²) in [5, 5.41) is 20.8. The van der Waals surface area contributed by atoms with Gasteiger partial charge in [0.15, 0.2) is 12.5 Å². The Kier molecular flexibility index (Phi) is 8.01. The van der Waals surface area contributed by atoms with Crippen LogP contribution in [-0.4, -0.2) is 37.4 Å². The van der Waals surface area contributed by atoms with E-state index in [9.17, 15) is 33.4 Å². The number of benzene rings is 3. The quantitative estimate of drug-likeness (QED) is 0.158. The molecule has 0 aromatic heterocycles. The van der Waals surface area contributed by atoms with E-state index in [0.717, 1.165) is 24.5 Å². The average molecular weight is 517 g/mol. The SMILES string of the molecule is CS(=O)(=O)N(COC(=O)c1ccccc1CO[N+](=O)[O-])c1ccc([N+](=O)[O-])cc1Oc1ccccc1. The van der Waals surface area contributed by atoms with Crippen molar-refractivity contribution in [2.45, 2.75) is 6.61 Å². The number of para-hydroxylation sites is 1. The maximum absolute atomic E-state index is 12.7. The van der Waals surface area contributed by atoms with E-state index in [1.165, 1.54) is 24.3 Å². The monoisotopic (exact) mass is 517 g/mol. The Morgan fingerprint density at radius 2 is 1.64 bits per heavy atom. The lowest BCUT2D eigenvalue weighted by Gasteiger charge is -2.24. The van der Waals surface area contributed by atoms with Gasteiger partial charge >= 0.3 is 5.97 Å². The normalized spacial score (nSPS) is 10.8. The number of ether oxygens (including phenoxy) is 2. The summed E-state index contributed by atoms with van der Waals surface area (Å²) in [4.78, 5) is 38.1. The van der Waals surface area contributed by atoms with Gasteiger partial charge in [-0.25, -0.2) is 17.5 Å². The zero-order valence-electron chi connectivity index (χ0n) is 18.7. The Hall–Kier alpha value is -4.72. The van der Waals surface area contributed by atoms with E-state index in [1.807, 2.05) is 0 Å². The van der Waals surface area contributed by atoms with E-state index in [2.05, 4.69) is 4.84 Å². The second-order valence-corrected chi connectivity index (χ2v) is 9.06. The van der Waals surface area contributed by atoms with E-state index in [0.29, 0.717) is 4.31 Å². The fraction of sp³-hybridized carbons (Fsp3) is 0.136. The molecule has 0 N–H and O–H groups in total. The molecule has 14 heteroatoms. The number of carbonyl (C=O) groups is 1. The lowest BCUT2D eigenvalue weighted by Crippen LogP contribution is -2.33. The number of hydrogen-bond donors (Lipinski definition) is 0. The molecule has 3 rings (SSSR count). The molecular weight excluding hydrogens is 498 g/mol. The number of nitro groups is 1. The topological polar surface area (TPSA) is 168 Å². The smallest absolute Gasteiger partial charge is 0.340 e. The average Bonchev–Trinajstić information content (AvgIpc) is 2.83. The summed E-state index contributed by atoms with van der Waals surface area (Å²) in [5.74, 6) is -0.861. The predicted molar refractivity (Wildman–Crippen MR) is 125 cm³/mol. The van der Waals surface area contributed by atoms with Gasteiger partial charge in [0.1, 0.15) is 12.4 Å². The van der Waals surface area contributed by atoms with Gasteiger partial charge in [0, 0.05) is 6.07 Å². The molecule has 0 aliphatic carbocycles. The van der Waals surface area contributed by atoms with Crippen LogP contribution in [0.3, 0.4) is 0 Å². The lowest BCUT2D eigenvalue weighted by molar-refractivity contribution is -0.763. The molecule has 0 radical (unpaired) electrons. The Balaban J connectivity index is 1.92. The molecule has 0 amide bonds. The van der Waals surface area contributed by atoms with Gasteiger partial charge in [0.2, 0.25) is 10.0 Å². The van der Waals surface area contributed by atoms with Crippen molar-refractivity contribution in [3.8, 4) is 11.5 Å². The summed E-state index contributed by atoms with van der Waals surface area (Å²) >= 11 is 0. The van der Waals surface area contributed by atoms with Crippen LogP contribution in [0.5, 0.6) is 11.5 Å². The number of rotatable bonds is 11. The highest BCUT2D eigenvalue weighted by atomic mass is 32.2. The first-order chi connectivity index (χ1) is 17.1. The van der Waals surface area contributed by atoms with Crippen molar-refractivity contribution < 1.29 is 37.5 Å². The van der Waals surface area contributed by atoms with Crippen LogP contribution in [0.15, 0.2) is 72.8 Å². The second kappa shape index (κ2) is 11.1. The number of hydrogen-bond acceptors (Lipinski definition) is 10. The molecule has 36 heavy (non-hydrogen) atoms. The number of carbonyl (C=O) groups excluding carboxylic acids is 1. The Morgan fingerprint density at radius 3 is 2.28 bits per heavy atom. The van der Waals surface area contributed by atoms with Crippen LogP contribution >= 0.6 is 0 Å². The first-order valence-electron chi connectivity index (χ1n) is 10.1. The number of esters is 1. The summed E-state index contributed by atoms with van der Waals surface area (Å²) < 4.78 is 36.8. The molecule has 0 aliphatic rings. The van der Waals surface area contributed by atoms with Crippen molar-refractivity contribution in [3.63, 3.8) is 0 Å². The van der Waals surface area contributed by atoms with Gasteiger partial charge in [-0.05, 0) is 29.8 Å². The highest BCUT2D eigenvalue weighted by Gasteiger charge is 2.26. The molecule has 3 aromatic carbocycles. The molecule has 0 heterocycles. The Bertz CT molecular complexity index is 1380. The standard InChI is InChI=1S/C22H19N3O10S/c1-36(31,32)23(15-33-22(26)19-10-6-5-7-16(19)14-34-25(29)30)20-12-11-17(24(27)28)13-21(20)35-18-8-3-2-4-9-18/h2-13H,14-15H2,1H3. The fourth-order valence-corrected chi connectivity index (χ4v) is 3.78. The first-order valence-corrected chi connectivity index (χ1v) is 11.9. The van der Waals surface area contributed by atoms with E-state index >= 15 is 0 Å². The van der Waals surface area contributed by atoms with E-state index in [-0.39, 0.29) is 34.0 Å². The van der Waals surface area contributed by atoms with Gasteiger partial charge in [-0.2, -0.15) is 0 Å². The van der Waals surface area contributed by atoms with Gasteiger partial charge in [0.25, 0.3) is 10.8 Å². The minimum atomic E-state index is -4.08. The van der Waals surface area contributed by atoms with Crippen LogP contribution in [-0.2, 0) is 26.2 Å². The predicted octanol–water partition coefficient (Wildman–Crippen LogP) is 3.68. The van der Waals surface area contributed by atoms with Crippen molar-refractivity contribution in [3.05, 3.63) is 104 Å². The van der Waals surface area contributed by atoms with E-state index in [1.54, 1.807) is 30.3 Å². The van der Waals surface area contributed by atoms with Crippen LogP contribution in [0.25, 0.3) is 0 Å². The van der Waals surface area contributed by atoms with Crippen LogP contribution in [0.2, 0.25) is 0 Å². The van der Waals surface area contributed by atoms with Crippen molar-refractivity contribution in [1.29, 1.82) is 0 Å². The number of sulfonamides is 1. The lowest BCUT2D eigenvalue weighted by atomic mass is 10.1. The molecule has 0 atom stereocenters. The van der Waals surface area contributed by atoms with Crippen LogP contribution in [0.1, 0.15) is 15.9 Å². The van der Waals surface area contributed by atoms with Gasteiger partial charge in [-0.1, -0.05) is 36.4 Å². The summed E-state index contributed by atoms with van der Waals surface area (Å²) in [7, 11) is -4.08. The van der Waals surface area contributed by atoms with Gasteiger partial charge in [-0.15, -0.1) is 10.1 Å². The largest absolute Gasteiger partial charge is 0.455 e. The summed E-state index contributed by atoms with van der Waals surface area (Å²) in [6, 6.07) is 17.2. The van der Waals surface area contributed by atoms with Crippen molar-refractivity contribution in [2.75, 3.05) is 17.3 Å². The number of anilines is 1. The molecule has 0 saturated carbocycles. The Labute approximate surface area is 204 Å². The molecule has 0 fully saturated rings. The van der Waals surface area contributed by atoms with E-state index < -0.39 is 39.3 Å². The molecule has 0 unspecified atom stereocenters. The van der Waals surface area contributed by atoms with Gasteiger partial charge in [-0.3, -0.25) is 10.1 Å². The molecule has 13 nitrogen and oxygen atoms in total. The highest BCUT2D eigenvalue weighted by molar-refractivity contribution is 7.92. The molecular formula is C22H19N3O10S. The molecule has 188 valence electrons. The third-order valence-corrected chi connectivity index (χ3v) is 5.77. The minimum Gasteiger partial charge on any atom is -0.455 e. The van der Waals surface area contributed by atoms with Crippen molar-refractivity contribution in [1.82, 2.24) is 0 Å². The number of non-ortho nitro benzene ring substituents is 1. The molecule has 0 bridgehead atoms. The maximum atomic E-state index is 12.7. The third kappa shape index (κ3) is 6.66.